The first kappa shape index (κ1) is 10.7. The van der Waals surface area contributed by atoms with Crippen molar-refractivity contribution in [1.82, 2.24) is 25.3 Å². The fourth-order valence-electron chi connectivity index (χ4n) is 1.12. The summed E-state index contributed by atoms with van der Waals surface area (Å²) in [7, 11) is 0. The Hall–Kier alpha value is -1.76. The molecule has 0 aliphatic heterocycles. The molecule has 0 aliphatic rings. The number of carbonyl (C=O) groups is 1. The third kappa shape index (κ3) is 2.43. The summed E-state index contributed by atoms with van der Waals surface area (Å²) >= 11 is 1.48. The molecule has 2 aromatic heterocycles. The van der Waals surface area contributed by atoms with Crippen molar-refractivity contribution >= 4 is 17.2 Å². The second-order valence-corrected chi connectivity index (χ2v) is 3.97. The van der Waals surface area contributed by atoms with E-state index in [4.69, 9.17) is 0 Å². The van der Waals surface area contributed by atoms with Gasteiger partial charge < -0.3 is 5.32 Å². The van der Waals surface area contributed by atoms with Gasteiger partial charge in [-0.15, -0.1) is 16.4 Å². The van der Waals surface area contributed by atoms with Crippen LogP contribution in [0.2, 0.25) is 0 Å². The number of carbonyl (C=O) groups excluding carboxylic acids is 1. The molecular formula is C9H11N5OS. The quantitative estimate of drug-likeness (QED) is 0.851. The van der Waals surface area contributed by atoms with Crippen LogP contribution < -0.4 is 5.32 Å². The Morgan fingerprint density at radius 1 is 1.62 bits per heavy atom. The molecular weight excluding hydrogens is 226 g/mol. The number of hydrogen-bond acceptors (Lipinski definition) is 5. The number of rotatable bonds is 4. The Labute approximate surface area is 96.3 Å². The third-order valence-corrected chi connectivity index (χ3v) is 2.70. The summed E-state index contributed by atoms with van der Waals surface area (Å²) < 4.78 is 1.60. The van der Waals surface area contributed by atoms with Crippen LogP contribution in [0.3, 0.4) is 0 Å². The summed E-state index contributed by atoms with van der Waals surface area (Å²) in [5.74, 6) is 0.00352. The zero-order chi connectivity index (χ0) is 11.4. The third-order valence-electron chi connectivity index (χ3n) is 1.94. The lowest BCUT2D eigenvalue weighted by Crippen LogP contribution is -2.21. The van der Waals surface area contributed by atoms with Crippen LogP contribution in [0, 0.1) is 0 Å². The number of nitrogens with zero attached hydrogens (tertiary/aromatic N) is 4. The summed E-state index contributed by atoms with van der Waals surface area (Å²) in [4.78, 5) is 15.1. The second kappa shape index (κ2) is 4.84. The fraction of sp³-hybridized carbons (Fsp3) is 0.333. The van der Waals surface area contributed by atoms with E-state index in [0.717, 1.165) is 10.8 Å². The highest BCUT2D eigenvalue weighted by molar-refractivity contribution is 7.12. The standard InChI is InChI=1S/C9H11N5OS/c1-2-8(15)11-5-7-6-14(13-12-7)9-10-3-4-16-9/h3-4,6H,2,5H2,1H3,(H,11,15). The van der Waals surface area contributed by atoms with Crippen molar-refractivity contribution in [3.63, 3.8) is 0 Å². The SMILES string of the molecule is CCC(=O)NCc1cn(-c2nccs2)nn1. The van der Waals surface area contributed by atoms with Crippen LogP contribution in [0.15, 0.2) is 17.8 Å². The van der Waals surface area contributed by atoms with E-state index >= 15 is 0 Å². The zero-order valence-corrected chi connectivity index (χ0v) is 9.57. The van der Waals surface area contributed by atoms with Crippen molar-refractivity contribution in [1.29, 1.82) is 0 Å². The predicted molar refractivity (Wildman–Crippen MR) is 59.2 cm³/mol. The molecule has 1 amide bonds. The van der Waals surface area contributed by atoms with E-state index in [1.54, 1.807) is 17.1 Å². The average Bonchev–Trinajstić information content (AvgIpc) is 2.95. The van der Waals surface area contributed by atoms with Gasteiger partial charge in [0, 0.05) is 18.0 Å². The highest BCUT2D eigenvalue weighted by Crippen LogP contribution is 2.09. The van der Waals surface area contributed by atoms with Crippen molar-refractivity contribution in [2.24, 2.45) is 0 Å². The van der Waals surface area contributed by atoms with Gasteiger partial charge in [0.05, 0.1) is 12.7 Å². The van der Waals surface area contributed by atoms with Gasteiger partial charge in [0.1, 0.15) is 5.69 Å². The normalized spacial score (nSPS) is 10.3. The van der Waals surface area contributed by atoms with Gasteiger partial charge in [-0.3, -0.25) is 4.79 Å². The number of thiazole rings is 1. The fourth-order valence-corrected chi connectivity index (χ4v) is 1.68. The molecule has 0 fully saturated rings. The molecule has 0 atom stereocenters. The Morgan fingerprint density at radius 3 is 3.19 bits per heavy atom. The maximum absolute atomic E-state index is 11.0. The van der Waals surface area contributed by atoms with E-state index < -0.39 is 0 Å². The number of nitrogens with one attached hydrogen (secondary N) is 1. The Kier molecular flexibility index (Phi) is 3.25. The smallest absolute Gasteiger partial charge is 0.220 e. The van der Waals surface area contributed by atoms with Gasteiger partial charge in [-0.1, -0.05) is 12.1 Å². The van der Waals surface area contributed by atoms with Crippen LogP contribution in [-0.4, -0.2) is 25.9 Å². The summed E-state index contributed by atoms with van der Waals surface area (Å²) in [6.07, 6.45) is 3.94. The monoisotopic (exact) mass is 237 g/mol. The van der Waals surface area contributed by atoms with Gasteiger partial charge in [0.15, 0.2) is 0 Å². The minimum atomic E-state index is 0.00352. The Bertz CT molecular complexity index is 464. The summed E-state index contributed by atoms with van der Waals surface area (Å²) in [6.45, 7) is 2.21. The molecule has 0 saturated carbocycles. The topological polar surface area (TPSA) is 72.7 Å². The van der Waals surface area contributed by atoms with Gasteiger partial charge in [-0.05, 0) is 0 Å². The van der Waals surface area contributed by atoms with Crippen LogP contribution in [0.25, 0.3) is 5.13 Å². The molecule has 0 bridgehead atoms. The minimum absolute atomic E-state index is 0.00352. The minimum Gasteiger partial charge on any atom is -0.350 e. The number of amides is 1. The van der Waals surface area contributed by atoms with E-state index in [1.165, 1.54) is 11.3 Å². The molecule has 6 nitrogen and oxygen atoms in total. The number of hydrogen-bond donors (Lipinski definition) is 1. The predicted octanol–water partition coefficient (Wildman–Crippen LogP) is 0.750. The molecule has 2 heterocycles. The summed E-state index contributed by atoms with van der Waals surface area (Å²) in [5, 5.41) is 13.2. The van der Waals surface area contributed by atoms with Gasteiger partial charge in [0.2, 0.25) is 11.0 Å². The largest absolute Gasteiger partial charge is 0.350 e. The van der Waals surface area contributed by atoms with Gasteiger partial charge in [0.25, 0.3) is 0 Å². The van der Waals surface area contributed by atoms with Crippen LogP contribution in [0.4, 0.5) is 0 Å². The van der Waals surface area contributed by atoms with Gasteiger partial charge in [-0.25, -0.2) is 4.98 Å². The number of aromatic nitrogens is 4. The lowest BCUT2D eigenvalue weighted by atomic mass is 10.4. The van der Waals surface area contributed by atoms with E-state index in [9.17, 15) is 4.79 Å². The highest BCUT2D eigenvalue weighted by Gasteiger charge is 2.05. The molecule has 1 N–H and O–H groups in total. The molecule has 0 spiro atoms. The van der Waals surface area contributed by atoms with Crippen LogP contribution in [-0.2, 0) is 11.3 Å². The molecule has 0 radical (unpaired) electrons. The molecule has 84 valence electrons. The van der Waals surface area contributed by atoms with Gasteiger partial charge >= 0.3 is 0 Å². The van der Waals surface area contributed by atoms with E-state index in [-0.39, 0.29) is 5.91 Å². The van der Waals surface area contributed by atoms with Crippen LogP contribution in [0.5, 0.6) is 0 Å². The van der Waals surface area contributed by atoms with Gasteiger partial charge in [-0.2, -0.15) is 4.68 Å². The van der Waals surface area contributed by atoms with Crippen molar-refractivity contribution < 1.29 is 4.79 Å². The van der Waals surface area contributed by atoms with E-state index in [1.807, 2.05) is 12.3 Å². The maximum atomic E-state index is 11.0. The van der Waals surface area contributed by atoms with E-state index in [0.29, 0.717) is 13.0 Å². The van der Waals surface area contributed by atoms with Crippen molar-refractivity contribution in [2.75, 3.05) is 0 Å². The van der Waals surface area contributed by atoms with Crippen molar-refractivity contribution in [3.8, 4) is 5.13 Å². The Balaban J connectivity index is 2.00. The van der Waals surface area contributed by atoms with Crippen molar-refractivity contribution in [2.45, 2.75) is 19.9 Å². The van der Waals surface area contributed by atoms with Crippen LogP contribution >= 0.6 is 11.3 Å². The molecule has 2 aromatic rings. The first-order chi connectivity index (χ1) is 7.79. The maximum Gasteiger partial charge on any atom is 0.220 e. The lowest BCUT2D eigenvalue weighted by Gasteiger charge is -1.98. The molecule has 0 unspecified atom stereocenters. The summed E-state index contributed by atoms with van der Waals surface area (Å²) in [5.41, 5.74) is 0.719. The molecule has 0 aromatic carbocycles. The molecule has 0 saturated heterocycles. The zero-order valence-electron chi connectivity index (χ0n) is 8.75. The first-order valence-corrected chi connectivity index (χ1v) is 5.75. The highest BCUT2D eigenvalue weighted by atomic mass is 32.1. The molecule has 7 heteroatoms. The second-order valence-electron chi connectivity index (χ2n) is 3.10. The molecule has 16 heavy (non-hydrogen) atoms. The molecule has 2 rings (SSSR count). The first-order valence-electron chi connectivity index (χ1n) is 4.87. The lowest BCUT2D eigenvalue weighted by molar-refractivity contribution is -0.120. The Morgan fingerprint density at radius 2 is 2.50 bits per heavy atom. The summed E-state index contributed by atoms with van der Waals surface area (Å²) in [6, 6.07) is 0. The van der Waals surface area contributed by atoms with E-state index in [2.05, 4.69) is 20.6 Å². The van der Waals surface area contributed by atoms with Crippen molar-refractivity contribution in [3.05, 3.63) is 23.5 Å². The average molecular weight is 237 g/mol. The molecule has 0 aliphatic carbocycles. The van der Waals surface area contributed by atoms with Crippen LogP contribution in [0.1, 0.15) is 19.0 Å².